The Labute approximate surface area is 188 Å². The molecule has 7 nitrogen and oxygen atoms in total. The Kier molecular flexibility index (Phi) is 9.17. The maximum absolute atomic E-state index is 12.3. The average Bonchev–Trinajstić information content (AvgIpc) is 3.30. The summed E-state index contributed by atoms with van der Waals surface area (Å²) >= 11 is 0. The van der Waals surface area contributed by atoms with E-state index in [0.29, 0.717) is 24.2 Å². The highest BCUT2D eigenvalue weighted by molar-refractivity contribution is 14.0. The number of fused-ring (bicyclic) bond motifs is 1. The van der Waals surface area contributed by atoms with E-state index in [9.17, 15) is 9.59 Å². The fourth-order valence-electron chi connectivity index (χ4n) is 3.12. The first-order chi connectivity index (χ1) is 13.7. The van der Waals surface area contributed by atoms with Gasteiger partial charge in [0.05, 0.1) is 17.4 Å². The molecule has 1 aromatic carbocycles. The molecule has 2 aromatic rings. The lowest BCUT2D eigenvalue weighted by Gasteiger charge is -2.13. The van der Waals surface area contributed by atoms with E-state index >= 15 is 0 Å². The molecule has 0 saturated carbocycles. The van der Waals surface area contributed by atoms with Crippen LogP contribution in [0, 0.1) is 0 Å². The number of unbranched alkanes of at least 4 members (excludes halogenated alkanes) is 1. The number of nitrogens with zero attached hydrogens (tertiary/aromatic N) is 2. The van der Waals surface area contributed by atoms with Crippen molar-refractivity contribution in [2.45, 2.75) is 26.2 Å². The van der Waals surface area contributed by atoms with Crippen LogP contribution in [0.25, 0.3) is 0 Å². The van der Waals surface area contributed by atoms with Gasteiger partial charge in [-0.2, -0.15) is 0 Å². The zero-order valence-electron chi connectivity index (χ0n) is 16.5. The van der Waals surface area contributed by atoms with Crippen LogP contribution in [0.1, 0.15) is 46.2 Å². The summed E-state index contributed by atoms with van der Waals surface area (Å²) in [5.41, 5.74) is 1.00. The first-order valence-corrected chi connectivity index (χ1v) is 9.70. The number of halogens is 1. The lowest BCUT2D eigenvalue weighted by atomic mass is 10.1. The molecule has 0 radical (unpaired) electrons. The van der Waals surface area contributed by atoms with Crippen molar-refractivity contribution in [3.63, 3.8) is 0 Å². The number of furan rings is 1. The molecular weight excluding hydrogens is 483 g/mol. The largest absolute Gasteiger partial charge is 0.469 e. The second-order valence-electron chi connectivity index (χ2n) is 6.53. The predicted molar refractivity (Wildman–Crippen MR) is 123 cm³/mol. The molecule has 0 fully saturated rings. The van der Waals surface area contributed by atoms with Crippen molar-refractivity contribution in [2.75, 3.05) is 26.2 Å². The third-order valence-electron chi connectivity index (χ3n) is 4.53. The van der Waals surface area contributed by atoms with Gasteiger partial charge in [-0.05, 0) is 44.0 Å². The topological polar surface area (TPSA) is 86.9 Å². The number of guanidine groups is 1. The van der Waals surface area contributed by atoms with Gasteiger partial charge in [0.25, 0.3) is 11.8 Å². The summed E-state index contributed by atoms with van der Waals surface area (Å²) < 4.78 is 5.32. The number of rotatable bonds is 9. The third kappa shape index (κ3) is 6.06. The summed E-state index contributed by atoms with van der Waals surface area (Å²) in [6.07, 6.45) is 3.98. The van der Waals surface area contributed by atoms with E-state index in [1.54, 1.807) is 30.5 Å². The summed E-state index contributed by atoms with van der Waals surface area (Å²) in [6, 6.07) is 10.8. The van der Waals surface area contributed by atoms with Crippen molar-refractivity contribution in [2.24, 2.45) is 4.99 Å². The maximum Gasteiger partial charge on any atom is 0.261 e. The minimum atomic E-state index is -0.197. The van der Waals surface area contributed by atoms with Crippen molar-refractivity contribution in [3.8, 4) is 0 Å². The Morgan fingerprint density at radius 2 is 1.76 bits per heavy atom. The molecule has 2 heterocycles. The predicted octanol–water partition coefficient (Wildman–Crippen LogP) is 3.07. The van der Waals surface area contributed by atoms with Crippen LogP contribution in [0.2, 0.25) is 0 Å². The van der Waals surface area contributed by atoms with E-state index in [0.717, 1.165) is 44.1 Å². The number of nitrogens with one attached hydrogen (secondary N) is 2. The lowest BCUT2D eigenvalue weighted by Crippen LogP contribution is -2.38. The average molecular weight is 510 g/mol. The highest BCUT2D eigenvalue weighted by Crippen LogP contribution is 2.22. The molecule has 0 atom stereocenters. The summed E-state index contributed by atoms with van der Waals surface area (Å²) in [5.74, 6) is 1.30. The molecule has 1 aliphatic heterocycles. The van der Waals surface area contributed by atoms with Crippen molar-refractivity contribution in [3.05, 3.63) is 59.5 Å². The normalized spacial score (nSPS) is 13.3. The van der Waals surface area contributed by atoms with Crippen LogP contribution in [0.4, 0.5) is 0 Å². The molecule has 8 heteroatoms. The van der Waals surface area contributed by atoms with E-state index in [1.807, 2.05) is 19.1 Å². The fraction of sp³-hybridized carbons (Fsp3) is 0.381. The second kappa shape index (κ2) is 11.6. The van der Waals surface area contributed by atoms with E-state index in [2.05, 4.69) is 15.6 Å². The number of carbonyl (C=O) groups is 2. The van der Waals surface area contributed by atoms with Crippen LogP contribution in [0.5, 0.6) is 0 Å². The number of hydrogen-bond donors (Lipinski definition) is 2. The maximum atomic E-state index is 12.3. The van der Waals surface area contributed by atoms with E-state index in [1.165, 1.54) is 4.90 Å². The first-order valence-electron chi connectivity index (χ1n) is 9.70. The van der Waals surface area contributed by atoms with Crippen molar-refractivity contribution < 1.29 is 14.0 Å². The minimum absolute atomic E-state index is 0. The fourth-order valence-corrected chi connectivity index (χ4v) is 3.12. The molecule has 3 rings (SSSR count). The number of imide groups is 1. The van der Waals surface area contributed by atoms with Crippen LogP contribution in [0.3, 0.4) is 0 Å². The summed E-state index contributed by atoms with van der Waals surface area (Å²) in [5, 5.41) is 6.49. The van der Waals surface area contributed by atoms with Gasteiger partial charge in [0, 0.05) is 32.6 Å². The van der Waals surface area contributed by atoms with Crippen molar-refractivity contribution >= 4 is 41.8 Å². The third-order valence-corrected chi connectivity index (χ3v) is 4.53. The Morgan fingerprint density at radius 1 is 1.03 bits per heavy atom. The molecule has 1 aliphatic rings. The van der Waals surface area contributed by atoms with Gasteiger partial charge in [-0.3, -0.25) is 19.5 Å². The zero-order valence-corrected chi connectivity index (χ0v) is 18.8. The van der Waals surface area contributed by atoms with Gasteiger partial charge in [-0.25, -0.2) is 0 Å². The molecule has 0 saturated heterocycles. The molecule has 0 bridgehead atoms. The Hall–Kier alpha value is -2.36. The Bertz CT molecular complexity index is 801. The highest BCUT2D eigenvalue weighted by atomic mass is 127. The molecule has 0 aliphatic carbocycles. The molecule has 1 aromatic heterocycles. The molecule has 0 unspecified atom stereocenters. The standard InChI is InChI=1S/C21H26N4O3.HI/c1-2-22-21(24-13-11-16-8-7-15-28-16)23-12-5-6-14-25-19(26)17-9-3-4-10-18(17)20(25)27;/h3-4,7-10,15H,2,5-6,11-14H2,1H3,(H2,22,23,24);1H. The van der Waals surface area contributed by atoms with E-state index < -0.39 is 0 Å². The number of benzene rings is 1. The minimum Gasteiger partial charge on any atom is -0.469 e. The van der Waals surface area contributed by atoms with Gasteiger partial charge < -0.3 is 15.1 Å². The van der Waals surface area contributed by atoms with Crippen molar-refractivity contribution in [1.82, 2.24) is 15.5 Å². The number of amides is 2. The van der Waals surface area contributed by atoms with E-state index in [-0.39, 0.29) is 35.8 Å². The lowest BCUT2D eigenvalue weighted by molar-refractivity contribution is 0.0652. The zero-order chi connectivity index (χ0) is 19.8. The Morgan fingerprint density at radius 3 is 2.38 bits per heavy atom. The molecular formula is C21H27IN4O3. The molecule has 156 valence electrons. The summed E-state index contributed by atoms with van der Waals surface area (Å²) in [6.45, 7) is 4.57. The van der Waals surface area contributed by atoms with Gasteiger partial charge in [-0.15, -0.1) is 24.0 Å². The smallest absolute Gasteiger partial charge is 0.261 e. The first kappa shape index (κ1) is 22.9. The van der Waals surface area contributed by atoms with Crippen LogP contribution in [-0.2, 0) is 6.42 Å². The monoisotopic (exact) mass is 510 g/mol. The van der Waals surface area contributed by atoms with E-state index in [4.69, 9.17) is 4.42 Å². The van der Waals surface area contributed by atoms with Crippen LogP contribution < -0.4 is 10.6 Å². The molecule has 0 spiro atoms. The summed E-state index contributed by atoms with van der Waals surface area (Å²) in [7, 11) is 0. The van der Waals surface area contributed by atoms with Crippen LogP contribution in [0.15, 0.2) is 52.1 Å². The quantitative estimate of drug-likeness (QED) is 0.178. The number of hydrogen-bond acceptors (Lipinski definition) is 4. The van der Waals surface area contributed by atoms with Gasteiger partial charge in [0.15, 0.2) is 5.96 Å². The molecule has 29 heavy (non-hydrogen) atoms. The SMILES string of the molecule is CCNC(=NCCCCN1C(=O)c2ccccc2C1=O)NCCc1ccco1.I. The number of carbonyl (C=O) groups excluding carboxylic acids is 2. The molecule has 2 amide bonds. The summed E-state index contributed by atoms with van der Waals surface area (Å²) in [4.78, 5) is 30.5. The van der Waals surface area contributed by atoms with Gasteiger partial charge in [0.1, 0.15) is 5.76 Å². The van der Waals surface area contributed by atoms with Gasteiger partial charge >= 0.3 is 0 Å². The number of aliphatic imine (C=N–C) groups is 1. The molecule has 2 N–H and O–H groups in total. The van der Waals surface area contributed by atoms with Gasteiger partial charge in [-0.1, -0.05) is 12.1 Å². The van der Waals surface area contributed by atoms with Crippen LogP contribution >= 0.6 is 24.0 Å². The highest BCUT2D eigenvalue weighted by Gasteiger charge is 2.34. The van der Waals surface area contributed by atoms with Crippen molar-refractivity contribution in [1.29, 1.82) is 0 Å². The van der Waals surface area contributed by atoms with Gasteiger partial charge in [0.2, 0.25) is 0 Å². The second-order valence-corrected chi connectivity index (χ2v) is 6.53. The Balaban J connectivity index is 0.00000300. The van der Waals surface area contributed by atoms with Crippen LogP contribution in [-0.4, -0.2) is 48.9 Å².